The summed E-state index contributed by atoms with van der Waals surface area (Å²) >= 11 is 0. The Morgan fingerprint density at radius 3 is 2.58 bits per heavy atom. The van der Waals surface area contributed by atoms with Gasteiger partial charge in [0.1, 0.15) is 6.04 Å². The van der Waals surface area contributed by atoms with Gasteiger partial charge in [0.15, 0.2) is 0 Å². The van der Waals surface area contributed by atoms with E-state index >= 15 is 0 Å². The van der Waals surface area contributed by atoms with E-state index in [4.69, 9.17) is 5.26 Å². The number of β-amino-alcohol motifs (C(OH)–C–C–N with tert-alkyl or cyclic N) is 1. The van der Waals surface area contributed by atoms with E-state index in [1.54, 1.807) is 24.3 Å². The summed E-state index contributed by atoms with van der Waals surface area (Å²) in [5.41, 5.74) is 2.22. The van der Waals surface area contributed by atoms with Crippen LogP contribution in [0.25, 0.3) is 0 Å². The van der Waals surface area contributed by atoms with Crippen molar-refractivity contribution in [2.45, 2.75) is 12.1 Å². The molecule has 1 aliphatic heterocycles. The van der Waals surface area contributed by atoms with Crippen molar-refractivity contribution in [1.82, 2.24) is 10.2 Å². The fraction of sp³-hybridized carbons (Fsp3) is 0.263. The highest BCUT2D eigenvalue weighted by molar-refractivity contribution is 5.83. The van der Waals surface area contributed by atoms with Crippen molar-refractivity contribution in [3.05, 3.63) is 71.3 Å². The molecule has 122 valence electrons. The van der Waals surface area contributed by atoms with E-state index < -0.39 is 12.1 Å². The van der Waals surface area contributed by atoms with E-state index in [9.17, 15) is 9.90 Å². The zero-order chi connectivity index (χ0) is 16.9. The number of carbonyl (C=O) groups excluding carboxylic acids is 1. The maximum absolute atomic E-state index is 12.3. The molecule has 2 aromatic rings. The van der Waals surface area contributed by atoms with Crippen molar-refractivity contribution in [3.8, 4) is 6.07 Å². The highest BCUT2D eigenvalue weighted by atomic mass is 16.3. The van der Waals surface area contributed by atoms with Gasteiger partial charge in [0, 0.05) is 19.6 Å². The van der Waals surface area contributed by atoms with E-state index in [-0.39, 0.29) is 5.91 Å². The molecular weight excluding hydrogens is 302 g/mol. The molecular formula is C19H19N3O2. The summed E-state index contributed by atoms with van der Waals surface area (Å²) < 4.78 is 0. The van der Waals surface area contributed by atoms with Crippen molar-refractivity contribution < 1.29 is 9.90 Å². The minimum Gasteiger partial charge on any atom is -0.387 e. The van der Waals surface area contributed by atoms with Crippen LogP contribution in [0.15, 0.2) is 54.6 Å². The maximum atomic E-state index is 12.3. The lowest BCUT2D eigenvalue weighted by atomic mass is 10.0. The standard InChI is InChI=1S/C19H19N3O2/c20-12-14-6-8-15(9-7-14)17(23)13-22-11-10-21-19(24)18(22)16-4-2-1-3-5-16/h1-9,17-18,23H,10-11,13H2,(H,21,24). The summed E-state index contributed by atoms with van der Waals surface area (Å²) in [6, 6.07) is 18.1. The van der Waals surface area contributed by atoms with Crippen LogP contribution in [0.3, 0.4) is 0 Å². The number of nitrogens with zero attached hydrogens (tertiary/aromatic N) is 2. The average molecular weight is 321 g/mol. The Morgan fingerprint density at radius 2 is 1.92 bits per heavy atom. The van der Waals surface area contributed by atoms with E-state index in [0.717, 1.165) is 11.1 Å². The molecule has 2 unspecified atom stereocenters. The Hall–Kier alpha value is -2.68. The molecule has 0 bridgehead atoms. The second-order valence-corrected chi connectivity index (χ2v) is 5.85. The SMILES string of the molecule is N#Cc1ccc(C(O)CN2CCNC(=O)C2c2ccccc2)cc1. The predicted octanol–water partition coefficient (Wildman–Crippen LogP) is 1.76. The monoisotopic (exact) mass is 321 g/mol. The molecule has 1 saturated heterocycles. The molecule has 0 aliphatic carbocycles. The molecule has 1 aliphatic rings. The van der Waals surface area contributed by atoms with Gasteiger partial charge >= 0.3 is 0 Å². The number of carbonyl (C=O) groups is 1. The number of aliphatic hydroxyl groups is 1. The molecule has 0 saturated carbocycles. The van der Waals surface area contributed by atoms with Gasteiger partial charge in [0.25, 0.3) is 0 Å². The number of benzene rings is 2. The van der Waals surface area contributed by atoms with Crippen molar-refractivity contribution in [2.75, 3.05) is 19.6 Å². The van der Waals surface area contributed by atoms with Gasteiger partial charge in [-0.3, -0.25) is 9.69 Å². The quantitative estimate of drug-likeness (QED) is 0.900. The average Bonchev–Trinajstić information content (AvgIpc) is 2.62. The summed E-state index contributed by atoms with van der Waals surface area (Å²) in [6.45, 7) is 1.61. The molecule has 1 amide bonds. The minimum absolute atomic E-state index is 0.0421. The van der Waals surface area contributed by atoms with E-state index in [1.165, 1.54) is 0 Å². The molecule has 2 aromatic carbocycles. The number of amides is 1. The van der Waals surface area contributed by atoms with Gasteiger partial charge < -0.3 is 10.4 Å². The number of rotatable bonds is 4. The lowest BCUT2D eigenvalue weighted by molar-refractivity contribution is -0.130. The van der Waals surface area contributed by atoms with Crippen LogP contribution in [0.4, 0.5) is 0 Å². The number of nitriles is 1. The third-order valence-electron chi connectivity index (χ3n) is 4.26. The van der Waals surface area contributed by atoms with Crippen molar-refractivity contribution in [1.29, 1.82) is 5.26 Å². The molecule has 2 N–H and O–H groups in total. The maximum Gasteiger partial charge on any atom is 0.242 e. The first-order valence-electron chi connectivity index (χ1n) is 7.94. The Labute approximate surface area is 141 Å². The lowest BCUT2D eigenvalue weighted by Crippen LogP contribution is -2.51. The van der Waals surface area contributed by atoms with E-state index in [2.05, 4.69) is 11.4 Å². The van der Waals surface area contributed by atoms with Crippen LogP contribution in [0.1, 0.15) is 28.8 Å². The zero-order valence-corrected chi connectivity index (χ0v) is 13.2. The fourth-order valence-electron chi connectivity index (χ4n) is 3.02. The van der Waals surface area contributed by atoms with Crippen LogP contribution in [-0.2, 0) is 4.79 Å². The Kier molecular flexibility index (Phi) is 4.90. The molecule has 1 heterocycles. The predicted molar refractivity (Wildman–Crippen MR) is 89.9 cm³/mol. The zero-order valence-electron chi connectivity index (χ0n) is 13.2. The first-order chi connectivity index (χ1) is 11.7. The molecule has 0 aromatic heterocycles. The summed E-state index contributed by atoms with van der Waals surface area (Å²) in [5.74, 6) is -0.0421. The number of hydrogen-bond donors (Lipinski definition) is 2. The molecule has 0 spiro atoms. The van der Waals surface area contributed by atoms with Gasteiger partial charge in [-0.2, -0.15) is 5.26 Å². The topological polar surface area (TPSA) is 76.4 Å². The molecule has 24 heavy (non-hydrogen) atoms. The van der Waals surface area contributed by atoms with Crippen molar-refractivity contribution in [2.24, 2.45) is 0 Å². The van der Waals surface area contributed by atoms with Gasteiger partial charge in [-0.1, -0.05) is 42.5 Å². The van der Waals surface area contributed by atoms with Crippen LogP contribution < -0.4 is 5.32 Å². The summed E-state index contributed by atoms with van der Waals surface area (Å²) in [4.78, 5) is 14.3. The first-order valence-corrected chi connectivity index (χ1v) is 7.94. The van der Waals surface area contributed by atoms with Crippen LogP contribution in [0, 0.1) is 11.3 Å². The molecule has 1 fully saturated rings. The van der Waals surface area contributed by atoms with Gasteiger partial charge in [-0.25, -0.2) is 0 Å². The molecule has 2 atom stereocenters. The largest absolute Gasteiger partial charge is 0.387 e. The number of piperazine rings is 1. The third kappa shape index (κ3) is 3.46. The number of aliphatic hydroxyl groups excluding tert-OH is 1. The minimum atomic E-state index is -0.713. The van der Waals surface area contributed by atoms with Gasteiger partial charge in [0.05, 0.1) is 17.7 Å². The normalized spacial score (nSPS) is 19.3. The Bertz CT molecular complexity index is 737. The second-order valence-electron chi connectivity index (χ2n) is 5.85. The van der Waals surface area contributed by atoms with Gasteiger partial charge in [0.2, 0.25) is 5.91 Å². The fourth-order valence-corrected chi connectivity index (χ4v) is 3.02. The number of hydrogen-bond acceptors (Lipinski definition) is 4. The van der Waals surface area contributed by atoms with E-state index in [0.29, 0.717) is 25.2 Å². The van der Waals surface area contributed by atoms with Crippen LogP contribution >= 0.6 is 0 Å². The van der Waals surface area contributed by atoms with Gasteiger partial charge in [-0.15, -0.1) is 0 Å². The van der Waals surface area contributed by atoms with Crippen molar-refractivity contribution >= 4 is 5.91 Å². The summed E-state index contributed by atoms with van der Waals surface area (Å²) in [5, 5.41) is 22.3. The Balaban J connectivity index is 1.78. The summed E-state index contributed by atoms with van der Waals surface area (Å²) in [6.07, 6.45) is -0.713. The third-order valence-corrected chi connectivity index (χ3v) is 4.26. The molecule has 3 rings (SSSR count). The summed E-state index contributed by atoms with van der Waals surface area (Å²) in [7, 11) is 0. The molecule has 5 nitrogen and oxygen atoms in total. The Morgan fingerprint density at radius 1 is 1.21 bits per heavy atom. The van der Waals surface area contributed by atoms with Crippen LogP contribution in [0.5, 0.6) is 0 Å². The van der Waals surface area contributed by atoms with Crippen LogP contribution in [-0.4, -0.2) is 35.5 Å². The van der Waals surface area contributed by atoms with Gasteiger partial charge in [-0.05, 0) is 23.3 Å². The second kappa shape index (κ2) is 7.26. The smallest absolute Gasteiger partial charge is 0.242 e. The van der Waals surface area contributed by atoms with Crippen LogP contribution in [0.2, 0.25) is 0 Å². The highest BCUT2D eigenvalue weighted by Gasteiger charge is 2.32. The molecule has 0 radical (unpaired) electrons. The lowest BCUT2D eigenvalue weighted by Gasteiger charge is -2.36. The first kappa shape index (κ1) is 16.2. The molecule has 5 heteroatoms. The number of nitrogens with one attached hydrogen (secondary N) is 1. The highest BCUT2D eigenvalue weighted by Crippen LogP contribution is 2.26. The van der Waals surface area contributed by atoms with E-state index in [1.807, 2.05) is 35.2 Å². The van der Waals surface area contributed by atoms with Crippen molar-refractivity contribution in [3.63, 3.8) is 0 Å².